The van der Waals surface area contributed by atoms with Gasteiger partial charge in [0.1, 0.15) is 0 Å². The van der Waals surface area contributed by atoms with E-state index in [0.717, 1.165) is 5.56 Å². The number of hydrogen-bond acceptors (Lipinski definition) is 5. The van der Waals surface area contributed by atoms with Gasteiger partial charge < -0.3 is 14.4 Å². The summed E-state index contributed by atoms with van der Waals surface area (Å²) in [6.07, 6.45) is 0.931. The first kappa shape index (κ1) is 16.3. The maximum atomic E-state index is 13.0. The summed E-state index contributed by atoms with van der Waals surface area (Å²) in [5.41, 5.74) is 0.00765. The second kappa shape index (κ2) is 5.83. The van der Waals surface area contributed by atoms with E-state index in [4.69, 9.17) is 9.47 Å². The molecule has 5 nitrogen and oxygen atoms in total. The average molecular weight is 335 g/mol. The minimum atomic E-state index is -1.00. The first-order valence-corrected chi connectivity index (χ1v) is 8.50. The van der Waals surface area contributed by atoms with Crippen molar-refractivity contribution in [3.05, 3.63) is 35.9 Å². The fourth-order valence-corrected chi connectivity index (χ4v) is 5.26. The van der Waals surface area contributed by atoms with Gasteiger partial charge in [-0.3, -0.25) is 4.79 Å². The van der Waals surface area contributed by atoms with Crippen LogP contribution in [0.4, 0.5) is 0 Å². The van der Waals surface area contributed by atoms with Crippen molar-refractivity contribution in [2.75, 3.05) is 13.9 Å². The Morgan fingerprint density at radius 2 is 2.04 bits per heavy atom. The highest BCUT2D eigenvalue weighted by Crippen LogP contribution is 2.58. The zero-order valence-electron chi connectivity index (χ0n) is 13.6. The molecule has 23 heavy (non-hydrogen) atoms. The summed E-state index contributed by atoms with van der Waals surface area (Å²) in [5.74, 6) is -0.380. The highest BCUT2D eigenvalue weighted by atomic mass is 32.2. The van der Waals surface area contributed by atoms with E-state index in [1.54, 1.807) is 16.7 Å². The Morgan fingerprint density at radius 3 is 2.65 bits per heavy atom. The molecule has 6 heteroatoms. The molecule has 2 aliphatic heterocycles. The van der Waals surface area contributed by atoms with Crippen molar-refractivity contribution in [3.8, 4) is 0 Å². The molecular formula is C17H21NO4S. The molecule has 0 unspecified atom stereocenters. The molecule has 0 spiro atoms. The van der Waals surface area contributed by atoms with Crippen molar-refractivity contribution in [1.82, 2.24) is 4.90 Å². The summed E-state index contributed by atoms with van der Waals surface area (Å²) in [6.45, 7) is 3.92. The number of hydrogen-bond donors (Lipinski definition) is 0. The lowest BCUT2D eigenvalue weighted by atomic mass is 9.77. The molecule has 2 heterocycles. The van der Waals surface area contributed by atoms with Crippen LogP contribution in [-0.4, -0.2) is 46.3 Å². The summed E-state index contributed by atoms with van der Waals surface area (Å²) in [7, 11) is 1.48. The van der Waals surface area contributed by atoms with Crippen LogP contribution < -0.4 is 0 Å². The molecule has 2 saturated heterocycles. The van der Waals surface area contributed by atoms with Gasteiger partial charge in [-0.15, -0.1) is 11.8 Å². The Labute approximate surface area is 140 Å². The molecule has 0 aliphatic carbocycles. The fourth-order valence-electron chi connectivity index (χ4n) is 3.51. The highest BCUT2D eigenvalue weighted by molar-refractivity contribution is 8.01. The molecule has 3 rings (SSSR count). The summed E-state index contributed by atoms with van der Waals surface area (Å²) in [6, 6.07) is 9.76. The Morgan fingerprint density at radius 1 is 1.35 bits per heavy atom. The minimum Gasteiger partial charge on any atom is -0.437 e. The van der Waals surface area contributed by atoms with Gasteiger partial charge in [-0.25, -0.2) is 4.79 Å². The molecule has 1 amide bonds. The third-order valence-corrected chi connectivity index (χ3v) is 6.27. The molecule has 0 aromatic heterocycles. The zero-order chi connectivity index (χ0) is 16.7. The normalized spacial score (nSPS) is 28.2. The van der Waals surface area contributed by atoms with E-state index in [0.29, 0.717) is 12.8 Å². The monoisotopic (exact) mass is 335 g/mol. The predicted molar refractivity (Wildman–Crippen MR) is 87.8 cm³/mol. The van der Waals surface area contributed by atoms with Gasteiger partial charge in [-0.05, 0) is 19.4 Å². The van der Waals surface area contributed by atoms with Crippen LogP contribution >= 0.6 is 11.8 Å². The lowest BCUT2D eigenvalue weighted by Crippen LogP contribution is -2.68. The van der Waals surface area contributed by atoms with E-state index in [1.807, 2.05) is 44.2 Å². The summed E-state index contributed by atoms with van der Waals surface area (Å²) < 4.78 is 9.77. The number of benzene rings is 1. The van der Waals surface area contributed by atoms with E-state index in [1.165, 1.54) is 7.11 Å². The number of thioether (sulfide) groups is 1. The lowest BCUT2D eigenvalue weighted by Gasteiger charge is -2.47. The van der Waals surface area contributed by atoms with Crippen molar-refractivity contribution in [3.63, 3.8) is 0 Å². The maximum absolute atomic E-state index is 13.0. The molecule has 0 radical (unpaired) electrons. The van der Waals surface area contributed by atoms with Gasteiger partial charge in [0.15, 0.2) is 12.3 Å². The molecule has 2 atom stereocenters. The zero-order valence-corrected chi connectivity index (χ0v) is 14.4. The van der Waals surface area contributed by atoms with Crippen molar-refractivity contribution in [2.45, 2.75) is 42.3 Å². The number of carbonyl (C=O) groups is 2. The Hall–Kier alpha value is -1.53. The largest absolute Gasteiger partial charge is 0.437 e. The van der Waals surface area contributed by atoms with Crippen LogP contribution in [0, 0.1) is 0 Å². The number of rotatable bonds is 5. The standard InChI is InChI=1S/C17H21NO4S/c1-16(2)17(15(20)22-11-21-3,10-12-7-5-4-6-8-12)18-13(19)9-14(18)23-16/h4-8,14H,9-11H2,1-3H3/t14-,17+/m1/s1. The number of nitrogens with zero attached hydrogens (tertiary/aromatic N) is 1. The van der Waals surface area contributed by atoms with Gasteiger partial charge in [0.25, 0.3) is 0 Å². The molecule has 1 aromatic carbocycles. The number of ether oxygens (including phenoxy) is 2. The quantitative estimate of drug-likeness (QED) is 0.469. The first-order valence-electron chi connectivity index (χ1n) is 7.62. The van der Waals surface area contributed by atoms with E-state index < -0.39 is 16.3 Å². The van der Waals surface area contributed by atoms with Crippen LogP contribution in [0.25, 0.3) is 0 Å². The Balaban J connectivity index is 2.02. The number of fused-ring (bicyclic) bond motifs is 1. The van der Waals surface area contributed by atoms with Gasteiger partial charge in [0, 0.05) is 18.3 Å². The van der Waals surface area contributed by atoms with Crippen molar-refractivity contribution in [1.29, 1.82) is 0 Å². The van der Waals surface area contributed by atoms with Gasteiger partial charge in [-0.1, -0.05) is 30.3 Å². The molecule has 2 aliphatic rings. The predicted octanol–water partition coefficient (Wildman–Crippen LogP) is 2.20. The molecule has 0 N–H and O–H groups in total. The number of amides is 1. The third kappa shape index (κ3) is 2.44. The van der Waals surface area contributed by atoms with Gasteiger partial charge in [0.2, 0.25) is 5.91 Å². The molecule has 0 bridgehead atoms. The number of esters is 1. The van der Waals surface area contributed by atoms with Crippen LogP contribution in [0.2, 0.25) is 0 Å². The van der Waals surface area contributed by atoms with Crippen LogP contribution in [0.1, 0.15) is 25.8 Å². The molecule has 124 valence electrons. The summed E-state index contributed by atoms with van der Waals surface area (Å²) in [4.78, 5) is 27.0. The number of β-lactam (4-membered cyclic amide) rings is 1. The van der Waals surface area contributed by atoms with Crippen LogP contribution in [-0.2, 0) is 25.5 Å². The summed E-state index contributed by atoms with van der Waals surface area (Å²) >= 11 is 1.67. The second-order valence-corrected chi connectivity index (χ2v) is 8.21. The van der Waals surface area contributed by atoms with Crippen molar-refractivity contribution in [2.24, 2.45) is 0 Å². The molecule has 0 saturated carbocycles. The van der Waals surface area contributed by atoms with Crippen molar-refractivity contribution < 1.29 is 19.1 Å². The topological polar surface area (TPSA) is 55.8 Å². The number of methoxy groups -OCH3 is 1. The Kier molecular flexibility index (Phi) is 4.14. The second-order valence-electron chi connectivity index (χ2n) is 6.41. The summed E-state index contributed by atoms with van der Waals surface area (Å²) in [5, 5.41) is 0.0521. The van der Waals surface area contributed by atoms with Gasteiger partial charge >= 0.3 is 5.97 Å². The van der Waals surface area contributed by atoms with E-state index in [2.05, 4.69) is 0 Å². The van der Waals surface area contributed by atoms with E-state index >= 15 is 0 Å². The third-order valence-electron chi connectivity index (χ3n) is 4.69. The number of carbonyl (C=O) groups excluding carboxylic acids is 2. The molecule has 1 aromatic rings. The SMILES string of the molecule is COCOC(=O)[C@]1(Cc2ccccc2)N2C(=O)C[C@H]2SC1(C)C. The van der Waals surface area contributed by atoms with E-state index in [-0.39, 0.29) is 18.1 Å². The van der Waals surface area contributed by atoms with Gasteiger partial charge in [0.05, 0.1) is 11.8 Å². The van der Waals surface area contributed by atoms with Gasteiger partial charge in [-0.2, -0.15) is 0 Å². The highest BCUT2D eigenvalue weighted by Gasteiger charge is 2.69. The Bertz CT molecular complexity index is 618. The lowest BCUT2D eigenvalue weighted by molar-refractivity contribution is -0.179. The minimum absolute atomic E-state index is 0.0124. The molecule has 2 fully saturated rings. The van der Waals surface area contributed by atoms with Crippen LogP contribution in [0.15, 0.2) is 30.3 Å². The first-order chi connectivity index (χ1) is 10.9. The average Bonchev–Trinajstić information content (AvgIpc) is 2.69. The maximum Gasteiger partial charge on any atom is 0.336 e. The van der Waals surface area contributed by atoms with E-state index in [9.17, 15) is 9.59 Å². The van der Waals surface area contributed by atoms with Crippen LogP contribution in [0.3, 0.4) is 0 Å². The smallest absolute Gasteiger partial charge is 0.336 e. The van der Waals surface area contributed by atoms with Crippen LogP contribution in [0.5, 0.6) is 0 Å². The fraction of sp³-hybridized carbons (Fsp3) is 0.529. The molecular weight excluding hydrogens is 314 g/mol. The van der Waals surface area contributed by atoms with Crippen molar-refractivity contribution >= 4 is 23.6 Å².